The number of carboxylic acid groups (broad SMARTS) is 1. The van der Waals surface area contributed by atoms with E-state index in [-0.39, 0.29) is 0 Å². The van der Waals surface area contributed by atoms with Gasteiger partial charge in [-0.3, -0.25) is 0 Å². The fraction of sp³-hybridized carbons (Fsp3) is 0.0714. The second-order valence-electron chi connectivity index (χ2n) is 3.84. The molecule has 2 aromatic carbocycles. The van der Waals surface area contributed by atoms with Crippen LogP contribution in [0, 0.1) is 6.92 Å². The van der Waals surface area contributed by atoms with Crippen molar-refractivity contribution < 1.29 is 9.90 Å². The normalized spacial score (nSPS) is 10.3. The van der Waals surface area contributed by atoms with Gasteiger partial charge in [0.15, 0.2) is 0 Å². The average Bonchev–Trinajstić information content (AvgIpc) is 2.31. The van der Waals surface area contributed by atoms with Gasteiger partial charge < -0.3 is 5.11 Å². The molecule has 0 fully saturated rings. The zero-order valence-corrected chi connectivity index (χ0v) is 12.1. The summed E-state index contributed by atoms with van der Waals surface area (Å²) in [6, 6.07) is 13.2. The van der Waals surface area contributed by atoms with Crippen molar-refractivity contribution in [3.8, 4) is 0 Å². The zero-order valence-electron chi connectivity index (χ0n) is 9.68. The van der Waals surface area contributed by atoms with E-state index >= 15 is 0 Å². The number of hydrogen-bond donors (Lipinski definition) is 1. The first-order chi connectivity index (χ1) is 8.56. The van der Waals surface area contributed by atoms with E-state index in [1.807, 2.05) is 37.3 Å². The van der Waals surface area contributed by atoms with Crippen LogP contribution in [0.4, 0.5) is 0 Å². The molecule has 92 valence electrons. The summed E-state index contributed by atoms with van der Waals surface area (Å²) >= 11 is 5.06. The Morgan fingerprint density at radius 3 is 2.61 bits per heavy atom. The first kappa shape index (κ1) is 13.2. The minimum atomic E-state index is -0.892. The van der Waals surface area contributed by atoms with Crippen molar-refractivity contribution in [1.82, 2.24) is 0 Å². The number of aryl methyl sites for hydroxylation is 1. The third-order valence-electron chi connectivity index (χ3n) is 2.45. The van der Waals surface area contributed by atoms with Gasteiger partial charge in [0, 0.05) is 14.3 Å². The van der Waals surface area contributed by atoms with E-state index in [0.29, 0.717) is 5.56 Å². The van der Waals surface area contributed by atoms with Gasteiger partial charge in [-0.2, -0.15) is 0 Å². The van der Waals surface area contributed by atoms with Crippen LogP contribution >= 0.6 is 27.7 Å². The van der Waals surface area contributed by atoms with E-state index in [9.17, 15) is 4.79 Å². The first-order valence-corrected chi connectivity index (χ1v) is 6.94. The molecule has 0 aliphatic rings. The molecular weight excluding hydrogens is 312 g/mol. The van der Waals surface area contributed by atoms with Crippen LogP contribution in [-0.2, 0) is 0 Å². The number of carbonyl (C=O) groups is 1. The van der Waals surface area contributed by atoms with Crippen molar-refractivity contribution in [3.05, 3.63) is 58.1 Å². The molecule has 0 aliphatic heterocycles. The van der Waals surface area contributed by atoms with Crippen molar-refractivity contribution in [2.45, 2.75) is 16.7 Å². The van der Waals surface area contributed by atoms with E-state index in [1.165, 1.54) is 0 Å². The Balaban J connectivity index is 2.27. The molecule has 0 aromatic heterocycles. The van der Waals surface area contributed by atoms with Crippen LogP contribution in [0.5, 0.6) is 0 Å². The number of hydrogen-bond acceptors (Lipinski definition) is 2. The van der Waals surface area contributed by atoms with Crippen molar-refractivity contribution in [1.29, 1.82) is 0 Å². The summed E-state index contributed by atoms with van der Waals surface area (Å²) < 4.78 is 1.03. The van der Waals surface area contributed by atoms with Gasteiger partial charge in [-0.1, -0.05) is 33.8 Å². The van der Waals surface area contributed by atoms with Crippen LogP contribution in [0.1, 0.15) is 15.9 Å². The minimum absolute atomic E-state index is 0.325. The van der Waals surface area contributed by atoms with E-state index in [4.69, 9.17) is 5.11 Å². The van der Waals surface area contributed by atoms with Gasteiger partial charge in [0.1, 0.15) is 0 Å². The molecule has 0 atom stereocenters. The third kappa shape index (κ3) is 3.15. The Morgan fingerprint density at radius 2 is 2.00 bits per heavy atom. The highest BCUT2D eigenvalue weighted by atomic mass is 79.9. The lowest BCUT2D eigenvalue weighted by atomic mass is 10.1. The SMILES string of the molecule is Cc1cc(C(=O)O)ccc1Sc1cccc(Br)c1. The summed E-state index contributed by atoms with van der Waals surface area (Å²) in [5, 5.41) is 8.91. The highest BCUT2D eigenvalue weighted by Crippen LogP contribution is 2.32. The lowest BCUT2D eigenvalue weighted by Gasteiger charge is -2.07. The lowest BCUT2D eigenvalue weighted by Crippen LogP contribution is -1.96. The van der Waals surface area contributed by atoms with Gasteiger partial charge >= 0.3 is 5.97 Å². The topological polar surface area (TPSA) is 37.3 Å². The standard InChI is InChI=1S/C14H11BrO2S/c1-9-7-10(14(16)17)5-6-13(9)18-12-4-2-3-11(15)8-12/h2-8H,1H3,(H,16,17). The number of halogens is 1. The molecule has 1 N–H and O–H groups in total. The van der Waals surface area contributed by atoms with E-state index in [0.717, 1.165) is 19.8 Å². The third-order valence-corrected chi connectivity index (χ3v) is 4.11. The second kappa shape index (κ2) is 5.59. The minimum Gasteiger partial charge on any atom is -0.478 e. The van der Waals surface area contributed by atoms with Crippen LogP contribution < -0.4 is 0 Å². The summed E-state index contributed by atoms with van der Waals surface area (Å²) in [6.07, 6.45) is 0. The van der Waals surface area contributed by atoms with Gasteiger partial charge in [-0.15, -0.1) is 0 Å². The predicted octanol–water partition coefficient (Wildman–Crippen LogP) is 4.61. The van der Waals surface area contributed by atoms with Crippen molar-refractivity contribution in [3.63, 3.8) is 0 Å². The van der Waals surface area contributed by atoms with Gasteiger partial charge in [0.25, 0.3) is 0 Å². The Bertz CT molecular complexity index is 596. The van der Waals surface area contributed by atoms with Crippen molar-refractivity contribution in [2.24, 2.45) is 0 Å². The molecule has 2 aromatic rings. The van der Waals surface area contributed by atoms with Crippen molar-refractivity contribution >= 4 is 33.7 Å². The maximum absolute atomic E-state index is 10.9. The fourth-order valence-corrected chi connectivity index (χ4v) is 3.05. The van der Waals surface area contributed by atoms with Crippen LogP contribution in [0.3, 0.4) is 0 Å². The fourth-order valence-electron chi connectivity index (χ4n) is 1.55. The Hall–Kier alpha value is -1.26. The lowest BCUT2D eigenvalue weighted by molar-refractivity contribution is 0.0696. The van der Waals surface area contributed by atoms with Crippen LogP contribution in [0.15, 0.2) is 56.7 Å². The largest absolute Gasteiger partial charge is 0.478 e. The predicted molar refractivity (Wildman–Crippen MR) is 76.4 cm³/mol. The van der Waals surface area contributed by atoms with Gasteiger partial charge in [0.2, 0.25) is 0 Å². The summed E-state index contributed by atoms with van der Waals surface area (Å²) in [6.45, 7) is 1.92. The molecule has 0 saturated heterocycles. The molecule has 2 nitrogen and oxygen atoms in total. The van der Waals surface area contributed by atoms with Gasteiger partial charge in [-0.05, 0) is 48.9 Å². The first-order valence-electron chi connectivity index (χ1n) is 5.33. The summed E-state index contributed by atoms with van der Waals surface area (Å²) in [5.41, 5.74) is 1.30. The number of benzene rings is 2. The van der Waals surface area contributed by atoms with E-state index in [2.05, 4.69) is 15.9 Å². The molecule has 0 spiro atoms. The molecule has 0 saturated carbocycles. The second-order valence-corrected chi connectivity index (χ2v) is 5.88. The molecule has 0 unspecified atom stereocenters. The van der Waals surface area contributed by atoms with Crippen LogP contribution in [0.2, 0.25) is 0 Å². The molecular formula is C14H11BrO2S. The summed E-state index contributed by atoms with van der Waals surface area (Å²) in [4.78, 5) is 13.0. The Labute approximate surface area is 118 Å². The molecule has 0 radical (unpaired) electrons. The molecule has 0 bridgehead atoms. The smallest absolute Gasteiger partial charge is 0.335 e. The molecule has 4 heteroatoms. The van der Waals surface area contributed by atoms with Crippen LogP contribution in [0.25, 0.3) is 0 Å². The average molecular weight is 323 g/mol. The van der Waals surface area contributed by atoms with Gasteiger partial charge in [0.05, 0.1) is 5.56 Å². The number of rotatable bonds is 3. The maximum Gasteiger partial charge on any atom is 0.335 e. The van der Waals surface area contributed by atoms with Gasteiger partial charge in [-0.25, -0.2) is 4.79 Å². The highest BCUT2D eigenvalue weighted by molar-refractivity contribution is 9.10. The Morgan fingerprint density at radius 1 is 1.22 bits per heavy atom. The molecule has 0 amide bonds. The molecule has 18 heavy (non-hydrogen) atoms. The molecule has 2 rings (SSSR count). The summed E-state index contributed by atoms with van der Waals surface area (Å²) in [7, 11) is 0. The monoisotopic (exact) mass is 322 g/mol. The highest BCUT2D eigenvalue weighted by Gasteiger charge is 2.07. The quantitative estimate of drug-likeness (QED) is 0.896. The van der Waals surface area contributed by atoms with E-state index < -0.39 is 5.97 Å². The maximum atomic E-state index is 10.9. The molecule has 0 heterocycles. The number of aromatic carboxylic acids is 1. The van der Waals surface area contributed by atoms with Crippen LogP contribution in [-0.4, -0.2) is 11.1 Å². The van der Waals surface area contributed by atoms with Crippen molar-refractivity contribution in [2.75, 3.05) is 0 Å². The van der Waals surface area contributed by atoms with E-state index in [1.54, 1.807) is 23.9 Å². The Kier molecular flexibility index (Phi) is 4.09. The molecule has 0 aliphatic carbocycles. The zero-order chi connectivity index (χ0) is 13.1. The summed E-state index contributed by atoms with van der Waals surface area (Å²) in [5.74, 6) is -0.892. The number of carboxylic acids is 1.